The van der Waals surface area contributed by atoms with Crippen molar-refractivity contribution in [2.75, 3.05) is 39.6 Å². The highest BCUT2D eigenvalue weighted by atomic mass is 31.2. The summed E-state index contributed by atoms with van der Waals surface area (Å²) < 4.78 is 68.3. The van der Waals surface area contributed by atoms with E-state index < -0.39 is 97.5 Å². The van der Waals surface area contributed by atoms with E-state index in [9.17, 15) is 43.2 Å². The molecule has 0 rings (SSSR count). The van der Waals surface area contributed by atoms with E-state index in [1.165, 1.54) is 193 Å². The summed E-state index contributed by atoms with van der Waals surface area (Å²) in [4.78, 5) is 72.6. The molecule has 93 heavy (non-hydrogen) atoms. The summed E-state index contributed by atoms with van der Waals surface area (Å²) in [6.07, 6.45) is 53.1. The number of carbonyl (C=O) groups is 4. The van der Waals surface area contributed by atoms with Crippen molar-refractivity contribution in [3.05, 3.63) is 0 Å². The Morgan fingerprint density at radius 3 is 0.731 bits per heavy atom. The van der Waals surface area contributed by atoms with Crippen LogP contribution in [0.15, 0.2) is 0 Å². The molecule has 0 amide bonds. The van der Waals surface area contributed by atoms with Gasteiger partial charge in [-0.3, -0.25) is 37.3 Å². The Labute approximate surface area is 568 Å². The lowest BCUT2D eigenvalue weighted by Crippen LogP contribution is -2.30. The van der Waals surface area contributed by atoms with Gasteiger partial charge < -0.3 is 33.8 Å². The van der Waals surface area contributed by atoms with Gasteiger partial charge in [-0.05, 0) is 37.5 Å². The number of hydrogen-bond donors (Lipinski definition) is 3. The summed E-state index contributed by atoms with van der Waals surface area (Å²) in [5.41, 5.74) is 0. The molecule has 0 spiro atoms. The lowest BCUT2D eigenvalue weighted by Gasteiger charge is -2.21. The van der Waals surface area contributed by atoms with Crippen LogP contribution in [-0.4, -0.2) is 96.7 Å². The highest BCUT2D eigenvalue weighted by Crippen LogP contribution is 2.45. The molecule has 0 bridgehead atoms. The number of ether oxygens (including phenoxy) is 4. The van der Waals surface area contributed by atoms with E-state index in [0.29, 0.717) is 25.7 Å². The maximum Gasteiger partial charge on any atom is 0.472 e. The summed E-state index contributed by atoms with van der Waals surface area (Å²) in [5, 5.41) is 10.6. The van der Waals surface area contributed by atoms with Gasteiger partial charge in [0.15, 0.2) is 12.2 Å². The van der Waals surface area contributed by atoms with Crippen LogP contribution < -0.4 is 0 Å². The third-order valence-electron chi connectivity index (χ3n) is 17.2. The first-order valence-electron chi connectivity index (χ1n) is 38.5. The van der Waals surface area contributed by atoms with Crippen LogP contribution in [0.4, 0.5) is 0 Å². The number of aliphatic hydroxyl groups is 1. The second-order valence-electron chi connectivity index (χ2n) is 27.6. The van der Waals surface area contributed by atoms with E-state index in [4.69, 9.17) is 37.0 Å². The molecule has 0 radical (unpaired) electrons. The van der Waals surface area contributed by atoms with Crippen molar-refractivity contribution in [1.82, 2.24) is 0 Å². The zero-order valence-electron chi connectivity index (χ0n) is 60.6. The number of unbranched alkanes of at least 4 members (excludes halogenated alkanes) is 43. The molecule has 0 aromatic rings. The van der Waals surface area contributed by atoms with Crippen molar-refractivity contribution in [2.24, 2.45) is 11.8 Å². The zero-order valence-corrected chi connectivity index (χ0v) is 62.3. The fourth-order valence-electron chi connectivity index (χ4n) is 11.3. The summed E-state index contributed by atoms with van der Waals surface area (Å²) >= 11 is 0. The molecule has 3 N–H and O–H groups in total. The molecule has 0 fully saturated rings. The van der Waals surface area contributed by atoms with Gasteiger partial charge in [0.2, 0.25) is 0 Å². The number of hydrogen-bond acceptors (Lipinski definition) is 15. The number of phosphoric ester groups is 2. The number of rotatable bonds is 73. The fourth-order valence-corrected chi connectivity index (χ4v) is 12.9. The quantitative estimate of drug-likeness (QED) is 0.0222. The first-order chi connectivity index (χ1) is 44.9. The maximum atomic E-state index is 13.1. The first kappa shape index (κ1) is 91.1. The Kier molecular flexibility index (Phi) is 64.6. The summed E-state index contributed by atoms with van der Waals surface area (Å²) in [6, 6.07) is 0. The summed E-state index contributed by atoms with van der Waals surface area (Å²) in [7, 11) is -9.90. The smallest absolute Gasteiger partial charge is 0.462 e. The van der Waals surface area contributed by atoms with Crippen molar-refractivity contribution in [3.8, 4) is 0 Å². The number of aliphatic hydroxyl groups excluding tert-OH is 1. The average Bonchev–Trinajstić information content (AvgIpc) is 3.08. The molecule has 5 atom stereocenters. The molecule has 0 aliphatic heterocycles. The lowest BCUT2D eigenvalue weighted by atomic mass is 10.0. The van der Waals surface area contributed by atoms with E-state index in [1.54, 1.807) is 0 Å². The van der Waals surface area contributed by atoms with Gasteiger partial charge in [0, 0.05) is 25.7 Å². The Balaban J connectivity index is 5.14. The Hall–Kier alpha value is -1.94. The van der Waals surface area contributed by atoms with Gasteiger partial charge in [-0.25, -0.2) is 9.13 Å². The standard InChI is InChI=1S/C74H144O17P2/c1-7-9-11-13-15-17-18-19-20-21-22-23-24-25-26-27-28-29-32-40-46-52-58-73(78)90-70(63-85-72(77)57-51-45-39-33-30-31-36-42-48-54-66(3)4)65-89-93(82,83)87-61-68(75)60-86-92(80,81)88-64-69(62-84-71(76)56-50-44-38-16-14-12-10-8-2)91-74(79)59-53-47-41-35-34-37-43-49-55-67(5)6/h66-70,75H,7-65H2,1-6H3,(H,80,81)(H,82,83)/t68-,69+,70+/m0/s1. The van der Waals surface area contributed by atoms with E-state index in [1.807, 2.05) is 0 Å². The highest BCUT2D eigenvalue weighted by molar-refractivity contribution is 7.47. The maximum absolute atomic E-state index is 13.1. The molecular formula is C74H144O17P2. The molecule has 2 unspecified atom stereocenters. The molecule has 19 heteroatoms. The first-order valence-corrected chi connectivity index (χ1v) is 41.5. The summed E-state index contributed by atoms with van der Waals surface area (Å²) in [6.45, 7) is 9.48. The third kappa shape index (κ3) is 68.4. The van der Waals surface area contributed by atoms with Gasteiger partial charge in [-0.1, -0.05) is 330 Å². The molecule has 0 aliphatic carbocycles. The molecule has 0 saturated carbocycles. The van der Waals surface area contributed by atoms with Crippen molar-refractivity contribution >= 4 is 39.5 Å². The minimum absolute atomic E-state index is 0.104. The largest absolute Gasteiger partial charge is 0.472 e. The van der Waals surface area contributed by atoms with Gasteiger partial charge in [0.1, 0.15) is 19.3 Å². The van der Waals surface area contributed by atoms with Gasteiger partial charge >= 0.3 is 39.5 Å². The Bertz CT molecular complexity index is 1800. The minimum Gasteiger partial charge on any atom is -0.462 e. The normalized spacial score (nSPS) is 14.1. The fraction of sp³-hybridized carbons (Fsp3) is 0.946. The molecule has 0 aromatic heterocycles. The van der Waals surface area contributed by atoms with Crippen LogP contribution in [0.2, 0.25) is 0 Å². The molecule has 552 valence electrons. The van der Waals surface area contributed by atoms with Crippen LogP contribution in [0, 0.1) is 11.8 Å². The van der Waals surface area contributed by atoms with Crippen LogP contribution in [0.3, 0.4) is 0 Å². The number of carbonyl (C=O) groups excluding carboxylic acids is 4. The topological polar surface area (TPSA) is 237 Å². The third-order valence-corrected chi connectivity index (χ3v) is 19.1. The molecule has 0 heterocycles. The zero-order chi connectivity index (χ0) is 68.6. The van der Waals surface area contributed by atoms with Gasteiger partial charge in [-0.2, -0.15) is 0 Å². The van der Waals surface area contributed by atoms with Crippen LogP contribution in [0.25, 0.3) is 0 Å². The van der Waals surface area contributed by atoms with E-state index in [0.717, 1.165) is 108 Å². The Morgan fingerprint density at radius 2 is 0.495 bits per heavy atom. The molecule has 17 nitrogen and oxygen atoms in total. The van der Waals surface area contributed by atoms with E-state index in [2.05, 4.69) is 41.5 Å². The van der Waals surface area contributed by atoms with Crippen LogP contribution in [0.1, 0.15) is 382 Å². The van der Waals surface area contributed by atoms with Crippen molar-refractivity contribution in [1.29, 1.82) is 0 Å². The van der Waals surface area contributed by atoms with Gasteiger partial charge in [0.25, 0.3) is 0 Å². The Morgan fingerprint density at radius 1 is 0.290 bits per heavy atom. The van der Waals surface area contributed by atoms with Gasteiger partial charge in [0.05, 0.1) is 26.4 Å². The van der Waals surface area contributed by atoms with E-state index in [-0.39, 0.29) is 25.7 Å². The summed E-state index contributed by atoms with van der Waals surface area (Å²) in [5.74, 6) is -0.663. The monoisotopic (exact) mass is 1370 g/mol. The van der Waals surface area contributed by atoms with Crippen LogP contribution in [0.5, 0.6) is 0 Å². The highest BCUT2D eigenvalue weighted by Gasteiger charge is 2.30. The lowest BCUT2D eigenvalue weighted by molar-refractivity contribution is -0.161. The second-order valence-corrected chi connectivity index (χ2v) is 30.5. The van der Waals surface area contributed by atoms with Crippen molar-refractivity contribution in [2.45, 2.75) is 400 Å². The molecule has 0 aliphatic rings. The van der Waals surface area contributed by atoms with Crippen LogP contribution >= 0.6 is 15.6 Å². The van der Waals surface area contributed by atoms with Crippen LogP contribution in [-0.2, 0) is 65.4 Å². The molecular weight excluding hydrogens is 1220 g/mol. The van der Waals surface area contributed by atoms with E-state index >= 15 is 0 Å². The average molecular weight is 1370 g/mol. The SMILES string of the molecule is CCCCCCCCCCCCCCCCCCCCCCCCC(=O)O[C@H](COC(=O)CCCCCCCCCCCC(C)C)COP(=O)(O)OC[C@@H](O)COP(=O)(O)OC[C@@H](COC(=O)CCCCCCCCCC)OC(=O)CCCCCCCCCCC(C)C. The molecule has 0 aromatic carbocycles. The number of phosphoric acid groups is 2. The molecule has 0 saturated heterocycles. The minimum atomic E-state index is -4.95. The second kappa shape index (κ2) is 66.0. The van der Waals surface area contributed by atoms with Gasteiger partial charge in [-0.15, -0.1) is 0 Å². The van der Waals surface area contributed by atoms with Crippen molar-refractivity contribution < 1.29 is 80.2 Å². The number of esters is 4. The van der Waals surface area contributed by atoms with Crippen molar-refractivity contribution in [3.63, 3.8) is 0 Å². The predicted octanol–water partition coefficient (Wildman–Crippen LogP) is 21.6. The predicted molar refractivity (Wildman–Crippen MR) is 377 cm³/mol.